The molecule has 0 unspecified atom stereocenters. The lowest BCUT2D eigenvalue weighted by molar-refractivity contribution is 0.0989. The summed E-state index contributed by atoms with van der Waals surface area (Å²) in [6.07, 6.45) is 2.35. The molecule has 0 atom stereocenters. The Morgan fingerprint density at radius 1 is 1.30 bits per heavy atom. The van der Waals surface area contributed by atoms with Crippen LogP contribution in [0.25, 0.3) is 0 Å². The molecular formula is C15H15N3O2. The molecule has 0 aliphatic carbocycles. The SMILES string of the molecule is Cn1ccc(C(=O)N2CCc3c(N)cccc32)cc1=O. The summed E-state index contributed by atoms with van der Waals surface area (Å²) in [5.74, 6) is -0.160. The smallest absolute Gasteiger partial charge is 0.258 e. The van der Waals surface area contributed by atoms with Crippen LogP contribution in [0, 0.1) is 0 Å². The van der Waals surface area contributed by atoms with E-state index < -0.39 is 0 Å². The van der Waals surface area contributed by atoms with Crippen LogP contribution in [0.1, 0.15) is 15.9 Å². The van der Waals surface area contributed by atoms with Gasteiger partial charge in [-0.05, 0) is 24.6 Å². The van der Waals surface area contributed by atoms with Gasteiger partial charge in [0.15, 0.2) is 0 Å². The highest BCUT2D eigenvalue weighted by Crippen LogP contribution is 2.32. The van der Waals surface area contributed by atoms with Crippen LogP contribution in [0.2, 0.25) is 0 Å². The van der Waals surface area contributed by atoms with Gasteiger partial charge in [0.1, 0.15) is 0 Å². The van der Waals surface area contributed by atoms with E-state index in [4.69, 9.17) is 5.73 Å². The maximum absolute atomic E-state index is 12.5. The summed E-state index contributed by atoms with van der Waals surface area (Å²) >= 11 is 0. The lowest BCUT2D eigenvalue weighted by Crippen LogP contribution is -2.30. The second-order valence-electron chi connectivity index (χ2n) is 4.92. The standard InChI is InChI=1S/C15H15N3O2/c1-17-7-5-10(9-14(17)19)15(20)18-8-6-11-12(16)3-2-4-13(11)18/h2-5,7,9H,6,8,16H2,1H3. The molecule has 20 heavy (non-hydrogen) atoms. The van der Waals surface area contributed by atoms with E-state index in [1.54, 1.807) is 24.2 Å². The van der Waals surface area contributed by atoms with Crippen molar-refractivity contribution in [1.29, 1.82) is 0 Å². The van der Waals surface area contributed by atoms with Crippen LogP contribution in [-0.2, 0) is 13.5 Å². The van der Waals surface area contributed by atoms with Crippen molar-refractivity contribution in [2.45, 2.75) is 6.42 Å². The highest BCUT2D eigenvalue weighted by Gasteiger charge is 2.26. The summed E-state index contributed by atoms with van der Waals surface area (Å²) in [5, 5.41) is 0. The van der Waals surface area contributed by atoms with Crippen molar-refractivity contribution in [3.63, 3.8) is 0 Å². The summed E-state index contributed by atoms with van der Waals surface area (Å²) in [6, 6.07) is 8.59. The van der Waals surface area contributed by atoms with E-state index in [-0.39, 0.29) is 11.5 Å². The molecule has 0 radical (unpaired) electrons. The molecule has 102 valence electrons. The van der Waals surface area contributed by atoms with Crippen LogP contribution in [0.3, 0.4) is 0 Å². The molecule has 0 bridgehead atoms. The van der Waals surface area contributed by atoms with E-state index in [1.165, 1.54) is 10.6 Å². The molecule has 1 amide bonds. The molecule has 0 fully saturated rings. The summed E-state index contributed by atoms with van der Waals surface area (Å²) in [5.41, 5.74) is 8.70. The lowest BCUT2D eigenvalue weighted by atomic mass is 10.1. The predicted octanol–water partition coefficient (Wildman–Crippen LogP) is 1.17. The van der Waals surface area contributed by atoms with E-state index in [0.717, 1.165) is 17.7 Å². The predicted molar refractivity (Wildman–Crippen MR) is 77.9 cm³/mol. The fraction of sp³-hybridized carbons (Fsp3) is 0.200. The normalized spacial score (nSPS) is 13.3. The highest BCUT2D eigenvalue weighted by molar-refractivity contribution is 6.07. The molecule has 0 saturated heterocycles. The number of benzene rings is 1. The third kappa shape index (κ3) is 1.87. The van der Waals surface area contributed by atoms with Crippen molar-refractivity contribution in [2.24, 2.45) is 7.05 Å². The maximum Gasteiger partial charge on any atom is 0.258 e. The zero-order valence-corrected chi connectivity index (χ0v) is 11.2. The van der Waals surface area contributed by atoms with Gasteiger partial charge < -0.3 is 15.2 Å². The van der Waals surface area contributed by atoms with Gasteiger partial charge in [-0.25, -0.2) is 0 Å². The van der Waals surface area contributed by atoms with Gasteiger partial charge in [-0.15, -0.1) is 0 Å². The Labute approximate surface area is 116 Å². The topological polar surface area (TPSA) is 68.3 Å². The minimum Gasteiger partial charge on any atom is -0.398 e. The number of aryl methyl sites for hydroxylation is 1. The van der Waals surface area contributed by atoms with E-state index in [2.05, 4.69) is 0 Å². The molecule has 2 heterocycles. The van der Waals surface area contributed by atoms with Crippen LogP contribution in [0.4, 0.5) is 11.4 Å². The van der Waals surface area contributed by atoms with Gasteiger partial charge in [-0.1, -0.05) is 6.07 Å². The van der Waals surface area contributed by atoms with Crippen LogP contribution < -0.4 is 16.2 Å². The van der Waals surface area contributed by atoms with Crippen molar-refractivity contribution in [3.05, 3.63) is 58.0 Å². The number of pyridine rings is 1. The molecule has 0 saturated carbocycles. The Hall–Kier alpha value is -2.56. The second-order valence-corrected chi connectivity index (χ2v) is 4.92. The average Bonchev–Trinajstić information content (AvgIpc) is 2.86. The number of nitrogens with zero attached hydrogens (tertiary/aromatic N) is 2. The number of rotatable bonds is 1. The number of hydrogen-bond acceptors (Lipinski definition) is 3. The molecular weight excluding hydrogens is 254 g/mol. The van der Waals surface area contributed by atoms with Gasteiger partial charge in [0.05, 0.1) is 0 Å². The Morgan fingerprint density at radius 2 is 2.10 bits per heavy atom. The number of hydrogen-bond donors (Lipinski definition) is 1. The number of nitrogen functional groups attached to an aromatic ring is 1. The van der Waals surface area contributed by atoms with Crippen molar-refractivity contribution < 1.29 is 4.79 Å². The number of amides is 1. The monoisotopic (exact) mass is 269 g/mol. The summed E-state index contributed by atoms with van der Waals surface area (Å²) in [6.45, 7) is 0.595. The third-order valence-corrected chi connectivity index (χ3v) is 3.66. The van der Waals surface area contributed by atoms with Crippen LogP contribution >= 0.6 is 0 Å². The van der Waals surface area contributed by atoms with Crippen LogP contribution in [-0.4, -0.2) is 17.0 Å². The van der Waals surface area contributed by atoms with Gasteiger partial charge in [0.2, 0.25) is 0 Å². The molecule has 3 rings (SSSR count). The lowest BCUT2D eigenvalue weighted by Gasteiger charge is -2.17. The van der Waals surface area contributed by atoms with Crippen molar-refractivity contribution in [2.75, 3.05) is 17.2 Å². The molecule has 1 aliphatic rings. The number of nitrogens with two attached hydrogens (primary N) is 1. The quantitative estimate of drug-likeness (QED) is 0.790. The van der Waals surface area contributed by atoms with E-state index >= 15 is 0 Å². The maximum atomic E-state index is 12.5. The number of aromatic nitrogens is 1. The Balaban J connectivity index is 2.00. The molecule has 2 aromatic rings. The fourth-order valence-corrected chi connectivity index (χ4v) is 2.51. The molecule has 1 aromatic heterocycles. The van der Waals surface area contributed by atoms with Gasteiger partial charge >= 0.3 is 0 Å². The minimum absolute atomic E-state index is 0.160. The summed E-state index contributed by atoms with van der Waals surface area (Å²) < 4.78 is 1.44. The number of carbonyl (C=O) groups excluding carboxylic acids is 1. The van der Waals surface area contributed by atoms with E-state index in [1.807, 2.05) is 18.2 Å². The van der Waals surface area contributed by atoms with E-state index in [9.17, 15) is 9.59 Å². The van der Waals surface area contributed by atoms with Gasteiger partial charge in [-0.2, -0.15) is 0 Å². The van der Waals surface area contributed by atoms with E-state index in [0.29, 0.717) is 17.8 Å². The van der Waals surface area contributed by atoms with Crippen molar-refractivity contribution in [1.82, 2.24) is 4.57 Å². The first kappa shape index (κ1) is 12.5. The fourth-order valence-electron chi connectivity index (χ4n) is 2.51. The zero-order valence-electron chi connectivity index (χ0n) is 11.2. The Morgan fingerprint density at radius 3 is 2.85 bits per heavy atom. The second kappa shape index (κ2) is 4.52. The first-order valence-electron chi connectivity index (χ1n) is 6.44. The minimum atomic E-state index is -0.192. The van der Waals surface area contributed by atoms with Gasteiger partial charge in [0.25, 0.3) is 11.5 Å². The third-order valence-electron chi connectivity index (χ3n) is 3.66. The molecule has 2 N–H and O–H groups in total. The largest absolute Gasteiger partial charge is 0.398 e. The van der Waals surface area contributed by atoms with Crippen LogP contribution in [0.5, 0.6) is 0 Å². The van der Waals surface area contributed by atoms with Gasteiger partial charge in [-0.3, -0.25) is 9.59 Å². The Bertz CT molecular complexity index is 749. The summed E-state index contributed by atoms with van der Waals surface area (Å²) in [7, 11) is 1.66. The first-order chi connectivity index (χ1) is 9.58. The number of carbonyl (C=O) groups is 1. The zero-order chi connectivity index (χ0) is 14.3. The average molecular weight is 269 g/mol. The summed E-state index contributed by atoms with van der Waals surface area (Å²) in [4.78, 5) is 25.8. The highest BCUT2D eigenvalue weighted by atomic mass is 16.2. The molecule has 1 aliphatic heterocycles. The molecule has 0 spiro atoms. The number of fused-ring (bicyclic) bond motifs is 1. The van der Waals surface area contributed by atoms with Gasteiger partial charge in [0, 0.05) is 48.4 Å². The number of anilines is 2. The van der Waals surface area contributed by atoms with Crippen molar-refractivity contribution in [3.8, 4) is 0 Å². The van der Waals surface area contributed by atoms with Crippen molar-refractivity contribution >= 4 is 17.3 Å². The molecule has 5 heteroatoms. The molecule has 1 aromatic carbocycles. The van der Waals surface area contributed by atoms with Crippen LogP contribution in [0.15, 0.2) is 41.3 Å². The Kier molecular flexibility index (Phi) is 2.82. The first-order valence-corrected chi connectivity index (χ1v) is 6.44. The molecule has 5 nitrogen and oxygen atoms in total.